The van der Waals surface area contributed by atoms with E-state index in [0.717, 1.165) is 16.9 Å². The minimum Gasteiger partial charge on any atom is -0.493 e. The van der Waals surface area contributed by atoms with Gasteiger partial charge in [-0.25, -0.2) is 0 Å². The van der Waals surface area contributed by atoms with Crippen molar-refractivity contribution in [2.24, 2.45) is 0 Å². The first-order chi connectivity index (χ1) is 7.10. The minimum atomic E-state index is 0.0412. The maximum absolute atomic E-state index is 9.28. The third-order valence-corrected chi connectivity index (χ3v) is 2.58. The highest BCUT2D eigenvalue weighted by atomic mass is 16.5. The molecule has 0 spiro atoms. The van der Waals surface area contributed by atoms with Crippen LogP contribution in [0.3, 0.4) is 0 Å². The number of ether oxygens (including phenoxy) is 1. The summed E-state index contributed by atoms with van der Waals surface area (Å²) in [4.78, 5) is 0. The Labute approximate surface area is 91.9 Å². The number of aryl methyl sites for hydroxylation is 1. The summed E-state index contributed by atoms with van der Waals surface area (Å²) < 4.78 is 5.54. The van der Waals surface area contributed by atoms with Crippen molar-refractivity contribution in [3.8, 4) is 5.75 Å². The summed E-state index contributed by atoms with van der Waals surface area (Å²) in [5.41, 5.74) is 3.27. The molecule has 0 atom stereocenters. The molecule has 1 N–H and O–H groups in total. The SMILES string of the molecule is CCOc1cc(C(C)C)cc(C)c1CO. The fourth-order valence-corrected chi connectivity index (χ4v) is 1.63. The van der Waals surface area contributed by atoms with Gasteiger partial charge >= 0.3 is 0 Å². The van der Waals surface area contributed by atoms with Crippen molar-refractivity contribution in [1.82, 2.24) is 0 Å². The van der Waals surface area contributed by atoms with E-state index in [2.05, 4.69) is 19.9 Å². The number of hydrogen-bond acceptors (Lipinski definition) is 2. The van der Waals surface area contributed by atoms with Gasteiger partial charge < -0.3 is 9.84 Å². The van der Waals surface area contributed by atoms with Gasteiger partial charge in [-0.3, -0.25) is 0 Å². The molecule has 0 aliphatic heterocycles. The van der Waals surface area contributed by atoms with Crippen LogP contribution in [-0.2, 0) is 6.61 Å². The number of rotatable bonds is 4. The highest BCUT2D eigenvalue weighted by molar-refractivity contribution is 5.43. The lowest BCUT2D eigenvalue weighted by atomic mass is 9.97. The zero-order valence-electron chi connectivity index (χ0n) is 10.0. The molecule has 0 unspecified atom stereocenters. The molecule has 1 aromatic rings. The molecule has 0 bridgehead atoms. The molecular weight excluding hydrogens is 188 g/mol. The van der Waals surface area contributed by atoms with Crippen molar-refractivity contribution >= 4 is 0 Å². The molecule has 0 saturated heterocycles. The van der Waals surface area contributed by atoms with Gasteiger partial charge in [0.05, 0.1) is 13.2 Å². The third kappa shape index (κ3) is 2.72. The highest BCUT2D eigenvalue weighted by Crippen LogP contribution is 2.28. The Morgan fingerprint density at radius 1 is 1.33 bits per heavy atom. The second-order valence-corrected chi connectivity index (χ2v) is 4.06. The Bertz CT molecular complexity index is 330. The lowest BCUT2D eigenvalue weighted by Gasteiger charge is -2.15. The summed E-state index contributed by atoms with van der Waals surface area (Å²) in [6.45, 7) is 8.96. The van der Waals surface area contributed by atoms with Gasteiger partial charge in [-0.05, 0) is 37.0 Å². The van der Waals surface area contributed by atoms with Gasteiger partial charge in [0.15, 0.2) is 0 Å². The fourth-order valence-electron chi connectivity index (χ4n) is 1.63. The molecule has 0 aromatic heterocycles. The van der Waals surface area contributed by atoms with Crippen LogP contribution in [0.2, 0.25) is 0 Å². The largest absolute Gasteiger partial charge is 0.493 e. The summed E-state index contributed by atoms with van der Waals surface area (Å²) in [6, 6.07) is 4.16. The van der Waals surface area contributed by atoms with Gasteiger partial charge in [0, 0.05) is 5.56 Å². The number of aliphatic hydroxyl groups is 1. The quantitative estimate of drug-likeness (QED) is 0.824. The van der Waals surface area contributed by atoms with Crippen molar-refractivity contribution in [3.05, 3.63) is 28.8 Å². The number of aliphatic hydroxyl groups excluding tert-OH is 1. The molecular formula is C13H20O2. The minimum absolute atomic E-state index is 0.0412. The third-order valence-electron chi connectivity index (χ3n) is 2.58. The molecule has 2 heteroatoms. The Kier molecular flexibility index (Phi) is 4.15. The zero-order valence-corrected chi connectivity index (χ0v) is 10.0. The Balaban J connectivity index is 3.19. The standard InChI is InChI=1S/C13H20O2/c1-5-15-13-7-11(9(2)3)6-10(4)12(13)8-14/h6-7,9,14H,5,8H2,1-4H3. The van der Waals surface area contributed by atoms with Crippen LogP contribution in [0.5, 0.6) is 5.75 Å². The van der Waals surface area contributed by atoms with Crippen molar-refractivity contribution < 1.29 is 9.84 Å². The summed E-state index contributed by atoms with van der Waals surface area (Å²) in [6.07, 6.45) is 0. The van der Waals surface area contributed by atoms with Crippen molar-refractivity contribution in [2.75, 3.05) is 6.61 Å². The smallest absolute Gasteiger partial charge is 0.125 e. The van der Waals surface area contributed by atoms with E-state index in [-0.39, 0.29) is 6.61 Å². The van der Waals surface area contributed by atoms with Crippen LogP contribution in [0.25, 0.3) is 0 Å². The van der Waals surface area contributed by atoms with Crippen LogP contribution in [0.4, 0.5) is 0 Å². The summed E-state index contributed by atoms with van der Waals surface area (Å²) in [5.74, 6) is 1.30. The van der Waals surface area contributed by atoms with Crippen LogP contribution in [0, 0.1) is 6.92 Å². The maximum atomic E-state index is 9.28. The van der Waals surface area contributed by atoms with Gasteiger partial charge in [-0.2, -0.15) is 0 Å². The van der Waals surface area contributed by atoms with Gasteiger partial charge in [0.1, 0.15) is 5.75 Å². The van der Waals surface area contributed by atoms with E-state index >= 15 is 0 Å². The molecule has 0 fully saturated rings. The normalized spacial score (nSPS) is 10.8. The highest BCUT2D eigenvalue weighted by Gasteiger charge is 2.10. The van der Waals surface area contributed by atoms with Crippen LogP contribution in [0.15, 0.2) is 12.1 Å². The van der Waals surface area contributed by atoms with Gasteiger partial charge in [-0.1, -0.05) is 19.9 Å². The lowest BCUT2D eigenvalue weighted by molar-refractivity contribution is 0.266. The molecule has 0 amide bonds. The van der Waals surface area contributed by atoms with Crippen LogP contribution >= 0.6 is 0 Å². The van der Waals surface area contributed by atoms with E-state index in [9.17, 15) is 5.11 Å². The molecule has 0 radical (unpaired) electrons. The van der Waals surface area contributed by atoms with Crippen molar-refractivity contribution in [1.29, 1.82) is 0 Å². The number of benzene rings is 1. The molecule has 84 valence electrons. The van der Waals surface area contributed by atoms with E-state index in [1.54, 1.807) is 0 Å². The molecule has 15 heavy (non-hydrogen) atoms. The molecule has 1 aromatic carbocycles. The van der Waals surface area contributed by atoms with E-state index in [1.807, 2.05) is 19.9 Å². The fraction of sp³-hybridized carbons (Fsp3) is 0.538. The molecule has 2 nitrogen and oxygen atoms in total. The first kappa shape index (κ1) is 12.1. The van der Waals surface area contributed by atoms with Gasteiger partial charge in [0.2, 0.25) is 0 Å². The lowest BCUT2D eigenvalue weighted by Crippen LogP contribution is -2.01. The first-order valence-corrected chi connectivity index (χ1v) is 5.47. The summed E-state index contributed by atoms with van der Waals surface area (Å²) in [7, 11) is 0. The van der Waals surface area contributed by atoms with Crippen LogP contribution < -0.4 is 4.74 Å². The Morgan fingerprint density at radius 3 is 2.47 bits per heavy atom. The average molecular weight is 208 g/mol. The van der Waals surface area contributed by atoms with Crippen molar-refractivity contribution in [3.63, 3.8) is 0 Å². The maximum Gasteiger partial charge on any atom is 0.125 e. The predicted octanol–water partition coefficient (Wildman–Crippen LogP) is 3.01. The number of hydrogen-bond donors (Lipinski definition) is 1. The van der Waals surface area contributed by atoms with E-state index in [1.165, 1.54) is 5.56 Å². The molecule has 0 heterocycles. The molecule has 0 aliphatic rings. The second kappa shape index (κ2) is 5.17. The Hall–Kier alpha value is -1.02. The second-order valence-electron chi connectivity index (χ2n) is 4.06. The Morgan fingerprint density at radius 2 is 2.00 bits per heavy atom. The molecule has 0 aliphatic carbocycles. The van der Waals surface area contributed by atoms with Crippen LogP contribution in [0.1, 0.15) is 43.4 Å². The average Bonchev–Trinajstić information content (AvgIpc) is 2.17. The van der Waals surface area contributed by atoms with Gasteiger partial charge in [0.25, 0.3) is 0 Å². The van der Waals surface area contributed by atoms with E-state index < -0.39 is 0 Å². The monoisotopic (exact) mass is 208 g/mol. The van der Waals surface area contributed by atoms with Crippen LogP contribution in [-0.4, -0.2) is 11.7 Å². The van der Waals surface area contributed by atoms with Gasteiger partial charge in [-0.15, -0.1) is 0 Å². The zero-order chi connectivity index (χ0) is 11.4. The van der Waals surface area contributed by atoms with Crippen molar-refractivity contribution in [2.45, 2.75) is 40.2 Å². The first-order valence-electron chi connectivity index (χ1n) is 5.47. The topological polar surface area (TPSA) is 29.5 Å². The van der Waals surface area contributed by atoms with E-state index in [0.29, 0.717) is 12.5 Å². The summed E-state index contributed by atoms with van der Waals surface area (Å²) in [5, 5.41) is 9.28. The summed E-state index contributed by atoms with van der Waals surface area (Å²) >= 11 is 0. The predicted molar refractivity (Wildman–Crippen MR) is 62.4 cm³/mol. The van der Waals surface area contributed by atoms with E-state index in [4.69, 9.17) is 4.74 Å². The molecule has 1 rings (SSSR count). The molecule has 0 saturated carbocycles.